The Morgan fingerprint density at radius 3 is 2.94 bits per heavy atom. The summed E-state index contributed by atoms with van der Waals surface area (Å²) < 4.78 is 6.31. The van der Waals surface area contributed by atoms with E-state index in [4.69, 9.17) is 5.73 Å². The molecular weight excluding hydrogens is 210 g/mol. The molecule has 2 rings (SSSR count). The lowest BCUT2D eigenvalue weighted by molar-refractivity contribution is -0.144. The van der Waals surface area contributed by atoms with Crippen molar-refractivity contribution in [3.63, 3.8) is 0 Å². The smallest absolute Gasteiger partial charge is 0.323 e. The van der Waals surface area contributed by atoms with Crippen molar-refractivity contribution in [2.75, 3.05) is 7.11 Å². The highest BCUT2D eigenvalue weighted by molar-refractivity contribution is 5.77. The lowest BCUT2D eigenvalue weighted by atomic mass is 9.93. The van der Waals surface area contributed by atoms with Gasteiger partial charge in [0.1, 0.15) is 12.4 Å². The van der Waals surface area contributed by atoms with Gasteiger partial charge in [-0.15, -0.1) is 5.10 Å². The lowest BCUT2D eigenvalue weighted by Gasteiger charge is -2.20. The molecule has 0 radical (unpaired) electrons. The van der Waals surface area contributed by atoms with Gasteiger partial charge in [0.05, 0.1) is 7.11 Å². The fourth-order valence-corrected chi connectivity index (χ4v) is 1.87. The minimum Gasteiger partial charge on any atom is -0.468 e. The standard InChI is InChI=1S/C9H15N5O2/c1-16-8(15)7(10)9(2-3-9)4-5-14-6-11-12-13-14/h6-7H,2-5,10H2,1H3. The van der Waals surface area contributed by atoms with E-state index in [-0.39, 0.29) is 11.4 Å². The van der Waals surface area contributed by atoms with Crippen LogP contribution in [0.1, 0.15) is 19.3 Å². The Bertz CT molecular complexity index is 360. The fraction of sp³-hybridized carbons (Fsp3) is 0.778. The Hall–Kier alpha value is -1.50. The molecule has 1 aromatic heterocycles. The average molecular weight is 225 g/mol. The van der Waals surface area contributed by atoms with Crippen LogP contribution < -0.4 is 5.73 Å². The van der Waals surface area contributed by atoms with Crippen LogP contribution in [0.15, 0.2) is 6.33 Å². The van der Waals surface area contributed by atoms with Crippen LogP contribution >= 0.6 is 0 Å². The van der Waals surface area contributed by atoms with Gasteiger partial charge in [-0.2, -0.15) is 0 Å². The number of hydrogen-bond acceptors (Lipinski definition) is 6. The van der Waals surface area contributed by atoms with Crippen LogP contribution in [0.3, 0.4) is 0 Å². The first-order valence-corrected chi connectivity index (χ1v) is 5.22. The number of carbonyl (C=O) groups excluding carboxylic acids is 1. The first-order chi connectivity index (χ1) is 7.68. The molecule has 1 saturated carbocycles. The number of nitrogens with zero attached hydrogens (tertiary/aromatic N) is 4. The Labute approximate surface area is 92.9 Å². The maximum Gasteiger partial charge on any atom is 0.323 e. The van der Waals surface area contributed by atoms with E-state index in [0.717, 1.165) is 19.3 Å². The molecule has 1 unspecified atom stereocenters. The van der Waals surface area contributed by atoms with Gasteiger partial charge in [-0.05, 0) is 35.1 Å². The molecule has 1 atom stereocenters. The van der Waals surface area contributed by atoms with Crippen LogP contribution in [0, 0.1) is 5.41 Å². The molecule has 1 aliphatic carbocycles. The van der Waals surface area contributed by atoms with E-state index < -0.39 is 6.04 Å². The molecule has 2 N–H and O–H groups in total. The summed E-state index contributed by atoms with van der Waals surface area (Å²) in [4.78, 5) is 11.4. The molecule has 0 spiro atoms. The quantitative estimate of drug-likeness (QED) is 0.668. The zero-order valence-electron chi connectivity index (χ0n) is 9.17. The zero-order valence-corrected chi connectivity index (χ0v) is 9.17. The Morgan fingerprint density at radius 2 is 2.44 bits per heavy atom. The fourth-order valence-electron chi connectivity index (χ4n) is 1.87. The predicted molar refractivity (Wildman–Crippen MR) is 54.1 cm³/mol. The summed E-state index contributed by atoms with van der Waals surface area (Å²) in [5.41, 5.74) is 5.76. The molecule has 0 aromatic carbocycles. The number of carbonyl (C=O) groups is 1. The van der Waals surface area contributed by atoms with Gasteiger partial charge in [0, 0.05) is 6.54 Å². The summed E-state index contributed by atoms with van der Waals surface area (Å²) in [6.07, 6.45) is 4.28. The monoisotopic (exact) mass is 225 g/mol. The maximum atomic E-state index is 11.4. The van der Waals surface area contributed by atoms with Gasteiger partial charge in [-0.3, -0.25) is 4.79 Å². The predicted octanol–water partition coefficient (Wildman–Crippen LogP) is -0.656. The molecule has 0 aliphatic heterocycles. The van der Waals surface area contributed by atoms with Gasteiger partial charge >= 0.3 is 5.97 Å². The minimum absolute atomic E-state index is 0.112. The molecule has 0 saturated heterocycles. The molecule has 1 aliphatic rings. The van der Waals surface area contributed by atoms with E-state index >= 15 is 0 Å². The van der Waals surface area contributed by atoms with Crippen molar-refractivity contribution in [2.24, 2.45) is 11.1 Å². The molecule has 7 heteroatoms. The maximum absolute atomic E-state index is 11.4. The summed E-state index contributed by atoms with van der Waals surface area (Å²) in [7, 11) is 1.36. The zero-order chi connectivity index (χ0) is 11.6. The van der Waals surface area contributed by atoms with Crippen LogP contribution in [-0.2, 0) is 16.1 Å². The van der Waals surface area contributed by atoms with E-state index in [1.165, 1.54) is 7.11 Å². The van der Waals surface area contributed by atoms with Crippen LogP contribution in [0.4, 0.5) is 0 Å². The van der Waals surface area contributed by atoms with Crippen molar-refractivity contribution >= 4 is 5.97 Å². The topological polar surface area (TPSA) is 95.9 Å². The molecule has 1 fully saturated rings. The third kappa shape index (κ3) is 2.04. The van der Waals surface area contributed by atoms with Crippen LogP contribution in [0.5, 0.6) is 0 Å². The SMILES string of the molecule is COC(=O)C(N)C1(CCn2cnnn2)CC1. The highest BCUT2D eigenvalue weighted by Crippen LogP contribution is 2.51. The number of esters is 1. The largest absolute Gasteiger partial charge is 0.468 e. The number of ether oxygens (including phenoxy) is 1. The molecule has 16 heavy (non-hydrogen) atoms. The van der Waals surface area contributed by atoms with Crippen LogP contribution in [-0.4, -0.2) is 39.3 Å². The first-order valence-electron chi connectivity index (χ1n) is 5.22. The summed E-state index contributed by atoms with van der Waals surface area (Å²) >= 11 is 0. The van der Waals surface area contributed by atoms with Crippen molar-refractivity contribution in [1.29, 1.82) is 0 Å². The van der Waals surface area contributed by atoms with Crippen molar-refractivity contribution in [2.45, 2.75) is 31.8 Å². The van der Waals surface area contributed by atoms with Gasteiger partial charge in [0.15, 0.2) is 0 Å². The lowest BCUT2D eigenvalue weighted by Crippen LogP contribution is -2.40. The van der Waals surface area contributed by atoms with Gasteiger partial charge < -0.3 is 10.5 Å². The van der Waals surface area contributed by atoms with Gasteiger partial charge in [-0.25, -0.2) is 4.68 Å². The highest BCUT2D eigenvalue weighted by Gasteiger charge is 2.50. The minimum atomic E-state index is -0.533. The summed E-state index contributed by atoms with van der Waals surface area (Å²) in [5, 5.41) is 10.9. The van der Waals surface area contributed by atoms with Crippen molar-refractivity contribution in [3.05, 3.63) is 6.33 Å². The van der Waals surface area contributed by atoms with E-state index in [1.54, 1.807) is 11.0 Å². The van der Waals surface area contributed by atoms with Crippen molar-refractivity contribution < 1.29 is 9.53 Å². The molecule has 0 amide bonds. The van der Waals surface area contributed by atoms with Crippen molar-refractivity contribution in [1.82, 2.24) is 20.2 Å². The second kappa shape index (κ2) is 4.17. The molecular formula is C9H15N5O2. The second-order valence-electron chi connectivity index (χ2n) is 4.19. The highest BCUT2D eigenvalue weighted by atomic mass is 16.5. The number of methoxy groups -OCH3 is 1. The number of tetrazole rings is 1. The normalized spacial score (nSPS) is 19.1. The Balaban J connectivity index is 1.91. The van der Waals surface area contributed by atoms with Crippen molar-refractivity contribution in [3.8, 4) is 0 Å². The number of hydrogen-bond donors (Lipinski definition) is 1. The second-order valence-corrected chi connectivity index (χ2v) is 4.19. The molecule has 0 bridgehead atoms. The summed E-state index contributed by atoms with van der Waals surface area (Å²) in [6, 6.07) is -0.533. The van der Waals surface area contributed by atoms with Gasteiger partial charge in [0.2, 0.25) is 0 Å². The molecule has 1 heterocycles. The molecule has 1 aromatic rings. The van der Waals surface area contributed by atoms with Gasteiger partial charge in [0.25, 0.3) is 0 Å². The average Bonchev–Trinajstić information content (AvgIpc) is 2.92. The van der Waals surface area contributed by atoms with Crippen LogP contribution in [0.25, 0.3) is 0 Å². The number of aryl methyl sites for hydroxylation is 1. The third-order valence-corrected chi connectivity index (χ3v) is 3.24. The van der Waals surface area contributed by atoms with E-state index in [2.05, 4.69) is 20.3 Å². The van der Waals surface area contributed by atoms with Crippen LogP contribution in [0.2, 0.25) is 0 Å². The number of rotatable bonds is 5. The van der Waals surface area contributed by atoms with E-state index in [0.29, 0.717) is 6.54 Å². The number of aromatic nitrogens is 4. The Morgan fingerprint density at radius 1 is 1.69 bits per heavy atom. The third-order valence-electron chi connectivity index (χ3n) is 3.24. The van der Waals surface area contributed by atoms with Gasteiger partial charge in [-0.1, -0.05) is 0 Å². The van der Waals surface area contributed by atoms with E-state index in [9.17, 15) is 4.79 Å². The molecule has 88 valence electrons. The number of nitrogens with two attached hydrogens (primary N) is 1. The first kappa shape index (κ1) is 11.0. The van der Waals surface area contributed by atoms with E-state index in [1.807, 2.05) is 0 Å². The summed E-state index contributed by atoms with van der Waals surface area (Å²) in [6.45, 7) is 0.678. The molecule has 7 nitrogen and oxygen atoms in total. The summed E-state index contributed by atoms with van der Waals surface area (Å²) in [5.74, 6) is -0.339. The Kier molecular flexibility index (Phi) is 2.86.